The van der Waals surface area contributed by atoms with Crippen molar-refractivity contribution in [2.24, 2.45) is 19.1 Å². The third kappa shape index (κ3) is 4.49. The highest BCUT2D eigenvalue weighted by Crippen LogP contribution is 2.43. The molecule has 0 atom stereocenters. The van der Waals surface area contributed by atoms with E-state index in [4.69, 9.17) is 0 Å². The smallest absolute Gasteiger partial charge is 0.318 e. The molecule has 3 aromatic rings. The quantitative estimate of drug-likeness (QED) is 0.301. The van der Waals surface area contributed by atoms with Crippen LogP contribution in [0.25, 0.3) is 29.0 Å². The van der Waals surface area contributed by atoms with Crippen molar-refractivity contribution in [2.45, 2.75) is 49.9 Å². The molecule has 9 nitrogen and oxygen atoms in total. The van der Waals surface area contributed by atoms with Crippen molar-refractivity contribution in [1.29, 1.82) is 0 Å². The van der Waals surface area contributed by atoms with Gasteiger partial charge >= 0.3 is 12.1 Å². The van der Waals surface area contributed by atoms with Crippen LogP contribution in [0.3, 0.4) is 0 Å². The highest BCUT2D eigenvalue weighted by atomic mass is 32.2. The minimum atomic E-state index is -5.81. The van der Waals surface area contributed by atoms with Crippen LogP contribution in [0, 0.1) is 0 Å². The first-order valence-electron chi connectivity index (χ1n) is 11.1. The zero-order valence-corrected chi connectivity index (χ0v) is 21.2. The van der Waals surface area contributed by atoms with Gasteiger partial charge in [-0.25, -0.2) is 23.4 Å². The maximum Gasteiger partial charge on any atom is 0.457 e. The average Bonchev–Trinajstić information content (AvgIpc) is 3.32. The van der Waals surface area contributed by atoms with Crippen LogP contribution in [0.4, 0.5) is 27.8 Å². The number of aliphatic imine (C=N–C) groups is 1. The summed E-state index contributed by atoms with van der Waals surface area (Å²) in [7, 11) is -0.983. The molecule has 0 aromatic carbocycles. The Morgan fingerprint density at radius 3 is 2.35 bits per heavy atom. The van der Waals surface area contributed by atoms with Gasteiger partial charge in [0.1, 0.15) is 17.2 Å². The topological polar surface area (TPSA) is 100.0 Å². The number of sulfone groups is 1. The van der Waals surface area contributed by atoms with Crippen LogP contribution in [0.1, 0.15) is 38.4 Å². The summed E-state index contributed by atoms with van der Waals surface area (Å²) in [6, 6.07) is 0.274. The molecule has 3 aromatic heterocycles. The van der Waals surface area contributed by atoms with E-state index in [0.717, 1.165) is 12.8 Å². The van der Waals surface area contributed by atoms with Gasteiger partial charge < -0.3 is 9.13 Å². The summed E-state index contributed by atoms with van der Waals surface area (Å²) in [6.07, 6.45) is 0.0114. The first-order valence-corrected chi connectivity index (χ1v) is 12.8. The lowest BCUT2D eigenvalue weighted by Crippen LogP contribution is -2.37. The largest absolute Gasteiger partial charge is 0.457 e. The molecule has 200 valence electrons. The van der Waals surface area contributed by atoms with Crippen molar-refractivity contribution in [3.8, 4) is 22.9 Å². The average molecular weight is 546 g/mol. The molecule has 1 aliphatic carbocycles. The highest BCUT2D eigenvalue weighted by molar-refractivity contribution is 7.91. The normalized spacial score (nSPS) is 15.4. The SMILES string of the molecule is C=Nc1c(/C=C(\C)C(F)(F)C(F)(F)F)nc(-c2nc(-c3cnn(C4CC4)c3)n(C)c2S(=O)(=O)CC)n1C. The molecular weight excluding hydrogens is 521 g/mol. The van der Waals surface area contributed by atoms with Gasteiger partial charge in [-0.3, -0.25) is 4.68 Å². The molecule has 0 aliphatic heterocycles. The van der Waals surface area contributed by atoms with Gasteiger partial charge in [-0.05, 0) is 32.6 Å². The number of nitrogens with zero attached hydrogens (tertiary/aromatic N) is 7. The number of aromatic nitrogens is 6. The lowest BCUT2D eigenvalue weighted by Gasteiger charge is -2.20. The first-order chi connectivity index (χ1) is 17.1. The fraction of sp³-hybridized carbons (Fsp3) is 0.455. The third-order valence-electron chi connectivity index (χ3n) is 6.15. The number of rotatable bonds is 8. The molecule has 0 N–H and O–H groups in total. The number of hydrogen-bond donors (Lipinski definition) is 0. The summed E-state index contributed by atoms with van der Waals surface area (Å²) in [5.74, 6) is -5.36. The molecule has 0 amide bonds. The molecule has 1 saturated carbocycles. The first kappa shape index (κ1) is 26.7. The van der Waals surface area contributed by atoms with Crippen LogP contribution in [0.5, 0.6) is 0 Å². The van der Waals surface area contributed by atoms with Gasteiger partial charge in [0.25, 0.3) is 0 Å². The van der Waals surface area contributed by atoms with E-state index in [1.54, 1.807) is 17.1 Å². The molecular formula is C22H24F5N7O2S. The summed E-state index contributed by atoms with van der Waals surface area (Å²) >= 11 is 0. The van der Waals surface area contributed by atoms with Crippen molar-refractivity contribution in [3.63, 3.8) is 0 Å². The molecule has 0 radical (unpaired) electrons. The summed E-state index contributed by atoms with van der Waals surface area (Å²) < 4.78 is 96.9. The van der Waals surface area contributed by atoms with Crippen molar-refractivity contribution < 1.29 is 30.4 Å². The lowest BCUT2D eigenvalue weighted by molar-refractivity contribution is -0.263. The van der Waals surface area contributed by atoms with E-state index in [-0.39, 0.29) is 45.7 Å². The Balaban J connectivity index is 1.92. The van der Waals surface area contributed by atoms with Gasteiger partial charge in [0, 0.05) is 25.9 Å². The Kier molecular flexibility index (Phi) is 6.41. The van der Waals surface area contributed by atoms with Gasteiger partial charge in [0.2, 0.25) is 0 Å². The number of alkyl halides is 5. The monoisotopic (exact) mass is 545 g/mol. The minimum Gasteiger partial charge on any atom is -0.318 e. The molecule has 3 heterocycles. The standard InChI is InChI=1S/C22H24F5N7O2S/c1-6-37(35,36)20-16(31-17(33(20)5)13-10-29-34(11-13)14-7-8-14)19-30-15(18(28-3)32(19)4)9-12(2)21(23,24)22(25,26)27/h9-11,14H,3,6-8H2,1-2,4-5H3/b12-9+. The van der Waals surface area contributed by atoms with Crippen LogP contribution < -0.4 is 0 Å². The van der Waals surface area contributed by atoms with E-state index in [2.05, 4.69) is 26.8 Å². The van der Waals surface area contributed by atoms with Crippen molar-refractivity contribution in [1.82, 2.24) is 28.9 Å². The van der Waals surface area contributed by atoms with Gasteiger partial charge in [-0.1, -0.05) is 6.92 Å². The zero-order chi connectivity index (χ0) is 27.5. The Bertz CT molecular complexity index is 1510. The second kappa shape index (κ2) is 8.89. The third-order valence-corrected chi connectivity index (χ3v) is 7.97. The molecule has 37 heavy (non-hydrogen) atoms. The van der Waals surface area contributed by atoms with Crippen LogP contribution in [-0.2, 0) is 23.9 Å². The van der Waals surface area contributed by atoms with Crippen LogP contribution in [-0.4, -0.2) is 61.9 Å². The van der Waals surface area contributed by atoms with Gasteiger partial charge in [0.05, 0.1) is 23.6 Å². The summed E-state index contributed by atoms with van der Waals surface area (Å²) in [6.45, 7) is 5.43. The van der Waals surface area contributed by atoms with E-state index in [9.17, 15) is 30.4 Å². The van der Waals surface area contributed by atoms with Crippen LogP contribution in [0.2, 0.25) is 0 Å². The van der Waals surface area contributed by atoms with Crippen molar-refractivity contribution in [3.05, 3.63) is 23.7 Å². The predicted molar refractivity (Wildman–Crippen MR) is 126 cm³/mol. The van der Waals surface area contributed by atoms with Gasteiger partial charge in [-0.2, -0.15) is 27.1 Å². The summed E-state index contributed by atoms with van der Waals surface area (Å²) in [5.41, 5.74) is -1.22. The Morgan fingerprint density at radius 1 is 1.16 bits per heavy atom. The molecule has 0 saturated heterocycles. The fourth-order valence-corrected chi connectivity index (χ4v) is 5.11. The van der Waals surface area contributed by atoms with Crippen LogP contribution >= 0.6 is 0 Å². The molecule has 0 spiro atoms. The fourth-order valence-electron chi connectivity index (χ4n) is 3.90. The lowest BCUT2D eigenvalue weighted by atomic mass is 10.1. The number of allylic oxidation sites excluding steroid dienone is 1. The van der Waals surface area contributed by atoms with Crippen LogP contribution in [0.15, 0.2) is 28.0 Å². The van der Waals surface area contributed by atoms with Crippen molar-refractivity contribution in [2.75, 3.05) is 5.75 Å². The van der Waals surface area contributed by atoms with Crippen molar-refractivity contribution >= 4 is 28.4 Å². The maximum atomic E-state index is 13.9. The number of imidazole rings is 2. The molecule has 0 unspecified atom stereocenters. The van der Waals surface area contributed by atoms with E-state index in [1.807, 2.05) is 0 Å². The van der Waals surface area contributed by atoms with Gasteiger partial charge in [0.15, 0.2) is 26.5 Å². The second-order valence-corrected chi connectivity index (χ2v) is 10.9. The van der Waals surface area contributed by atoms with Gasteiger partial charge in [-0.15, -0.1) is 0 Å². The number of hydrogen-bond acceptors (Lipinski definition) is 6. The maximum absolute atomic E-state index is 13.9. The van der Waals surface area contributed by atoms with E-state index in [0.29, 0.717) is 18.6 Å². The Labute approximate surface area is 209 Å². The zero-order valence-electron chi connectivity index (χ0n) is 20.4. The number of halogens is 5. The molecule has 1 aliphatic rings. The second-order valence-electron chi connectivity index (χ2n) is 8.75. The molecule has 4 rings (SSSR count). The van der Waals surface area contributed by atoms with E-state index in [1.165, 1.54) is 30.2 Å². The Morgan fingerprint density at radius 2 is 1.81 bits per heavy atom. The summed E-state index contributed by atoms with van der Waals surface area (Å²) in [5, 5.41) is 4.12. The molecule has 1 fully saturated rings. The van der Waals surface area contributed by atoms with E-state index < -0.39 is 27.5 Å². The minimum absolute atomic E-state index is 0.0970. The molecule has 15 heteroatoms. The Hall–Kier alpha value is -3.36. The van der Waals surface area contributed by atoms with E-state index >= 15 is 0 Å². The predicted octanol–water partition coefficient (Wildman–Crippen LogP) is 4.75. The molecule has 0 bridgehead atoms. The highest BCUT2D eigenvalue weighted by Gasteiger charge is 2.58. The summed E-state index contributed by atoms with van der Waals surface area (Å²) in [4.78, 5) is 12.4.